The van der Waals surface area contributed by atoms with Crippen molar-refractivity contribution in [1.29, 1.82) is 0 Å². The molecule has 1 aromatic rings. The van der Waals surface area contributed by atoms with E-state index < -0.39 is 11.7 Å². The maximum atomic E-state index is 12.3. The molecule has 0 aromatic heterocycles. The van der Waals surface area contributed by atoms with Gasteiger partial charge in [-0.25, -0.2) is 4.79 Å². The molecule has 1 saturated heterocycles. The number of aliphatic hydroxyl groups is 1. The van der Waals surface area contributed by atoms with Crippen LogP contribution in [0.1, 0.15) is 46.1 Å². The van der Waals surface area contributed by atoms with Gasteiger partial charge in [-0.15, -0.1) is 0 Å². The standard InChI is InChI=1S/C20H32N2O3/c1-5-6-12-21(13-16-10-8-7-9-11-16)17-14-22(15-18(17)23)19(24)25-20(2,3)4/h7-11,17-18,23H,5-6,12-15H2,1-4H3/t17-,18-/m1/s1. The normalized spacial score (nSPS) is 21.0. The summed E-state index contributed by atoms with van der Waals surface area (Å²) in [5.41, 5.74) is 0.702. The van der Waals surface area contributed by atoms with Gasteiger partial charge in [-0.05, 0) is 39.3 Å². The van der Waals surface area contributed by atoms with Crippen LogP contribution in [0.5, 0.6) is 0 Å². The molecule has 0 unspecified atom stereocenters. The molecule has 1 aliphatic rings. The number of benzene rings is 1. The number of hydrogen-bond acceptors (Lipinski definition) is 4. The third kappa shape index (κ3) is 6.01. The first-order valence-corrected chi connectivity index (χ1v) is 9.24. The molecule has 0 bridgehead atoms. The highest BCUT2D eigenvalue weighted by atomic mass is 16.6. The van der Waals surface area contributed by atoms with E-state index in [1.54, 1.807) is 4.90 Å². The molecular formula is C20H32N2O3. The fourth-order valence-electron chi connectivity index (χ4n) is 3.15. The first-order chi connectivity index (χ1) is 11.8. The van der Waals surface area contributed by atoms with Crippen LogP contribution in [-0.2, 0) is 11.3 Å². The SMILES string of the molecule is CCCCN(Cc1ccccc1)[C@@H]1CN(C(=O)OC(C)(C)C)C[C@H]1O. The first-order valence-electron chi connectivity index (χ1n) is 9.24. The van der Waals surface area contributed by atoms with Gasteiger partial charge in [0.1, 0.15) is 5.60 Å². The number of carbonyl (C=O) groups is 1. The van der Waals surface area contributed by atoms with Crippen LogP contribution in [0.2, 0.25) is 0 Å². The topological polar surface area (TPSA) is 53.0 Å². The minimum Gasteiger partial charge on any atom is -0.444 e. The van der Waals surface area contributed by atoms with Crippen molar-refractivity contribution in [2.24, 2.45) is 0 Å². The number of unbranched alkanes of at least 4 members (excludes halogenated alkanes) is 1. The number of nitrogens with zero attached hydrogens (tertiary/aromatic N) is 2. The molecule has 1 N–H and O–H groups in total. The smallest absolute Gasteiger partial charge is 0.410 e. The van der Waals surface area contributed by atoms with Crippen LogP contribution in [0.4, 0.5) is 4.79 Å². The molecule has 5 nitrogen and oxygen atoms in total. The van der Waals surface area contributed by atoms with Crippen LogP contribution >= 0.6 is 0 Å². The van der Waals surface area contributed by atoms with E-state index in [9.17, 15) is 9.90 Å². The van der Waals surface area contributed by atoms with E-state index in [1.165, 1.54) is 5.56 Å². The highest BCUT2D eigenvalue weighted by molar-refractivity contribution is 5.68. The third-order valence-electron chi connectivity index (χ3n) is 4.41. The number of rotatable bonds is 6. The van der Waals surface area contributed by atoms with Gasteiger partial charge in [-0.1, -0.05) is 43.7 Å². The minimum atomic E-state index is -0.548. The molecule has 5 heteroatoms. The van der Waals surface area contributed by atoms with Crippen LogP contribution in [0.15, 0.2) is 30.3 Å². The van der Waals surface area contributed by atoms with Crippen molar-refractivity contribution in [3.63, 3.8) is 0 Å². The van der Waals surface area contributed by atoms with E-state index in [1.807, 2.05) is 39.0 Å². The van der Waals surface area contributed by atoms with Crippen molar-refractivity contribution >= 4 is 6.09 Å². The number of hydrogen-bond donors (Lipinski definition) is 1. The number of amides is 1. The average Bonchev–Trinajstić information content (AvgIpc) is 2.93. The molecular weight excluding hydrogens is 316 g/mol. The molecule has 1 amide bonds. The number of aliphatic hydroxyl groups excluding tert-OH is 1. The Labute approximate surface area is 151 Å². The van der Waals surface area contributed by atoms with Gasteiger partial charge < -0.3 is 14.7 Å². The molecule has 2 rings (SSSR count). The largest absolute Gasteiger partial charge is 0.444 e. The van der Waals surface area contributed by atoms with Crippen LogP contribution in [0, 0.1) is 0 Å². The Bertz CT molecular complexity index is 542. The van der Waals surface area contributed by atoms with E-state index in [0.29, 0.717) is 13.1 Å². The van der Waals surface area contributed by atoms with Gasteiger partial charge in [0.05, 0.1) is 18.7 Å². The molecule has 0 spiro atoms. The molecule has 1 fully saturated rings. The van der Waals surface area contributed by atoms with E-state index >= 15 is 0 Å². The van der Waals surface area contributed by atoms with E-state index in [-0.39, 0.29) is 12.1 Å². The monoisotopic (exact) mass is 348 g/mol. The van der Waals surface area contributed by atoms with Gasteiger partial charge in [-0.3, -0.25) is 4.90 Å². The predicted molar refractivity (Wildman–Crippen MR) is 99.4 cm³/mol. The van der Waals surface area contributed by atoms with Gasteiger partial charge in [0.2, 0.25) is 0 Å². The van der Waals surface area contributed by atoms with E-state index in [2.05, 4.69) is 24.0 Å². The van der Waals surface area contributed by atoms with Crippen LogP contribution < -0.4 is 0 Å². The molecule has 25 heavy (non-hydrogen) atoms. The summed E-state index contributed by atoms with van der Waals surface area (Å²) < 4.78 is 5.45. The summed E-state index contributed by atoms with van der Waals surface area (Å²) in [6.07, 6.45) is 1.28. The van der Waals surface area contributed by atoms with Crippen molar-refractivity contribution < 1.29 is 14.6 Å². The lowest BCUT2D eigenvalue weighted by Crippen LogP contribution is -2.43. The van der Waals surface area contributed by atoms with Crippen molar-refractivity contribution in [2.45, 2.75) is 64.8 Å². The van der Waals surface area contributed by atoms with Gasteiger partial charge in [0.25, 0.3) is 0 Å². The molecule has 0 saturated carbocycles. The quantitative estimate of drug-likeness (QED) is 0.857. The number of carbonyl (C=O) groups excluding carboxylic acids is 1. The van der Waals surface area contributed by atoms with Crippen molar-refractivity contribution in [3.8, 4) is 0 Å². The summed E-state index contributed by atoms with van der Waals surface area (Å²) in [6.45, 7) is 10.3. The summed E-state index contributed by atoms with van der Waals surface area (Å²) >= 11 is 0. The summed E-state index contributed by atoms with van der Waals surface area (Å²) in [6, 6.07) is 10.2. The fourth-order valence-corrected chi connectivity index (χ4v) is 3.15. The Kier molecular flexibility index (Phi) is 6.85. The second-order valence-electron chi connectivity index (χ2n) is 7.83. The molecule has 2 atom stereocenters. The number of ether oxygens (including phenoxy) is 1. The molecule has 0 aliphatic carbocycles. The zero-order valence-electron chi connectivity index (χ0n) is 15.9. The first kappa shape index (κ1) is 19.7. The molecule has 1 heterocycles. The fraction of sp³-hybridized carbons (Fsp3) is 0.650. The minimum absolute atomic E-state index is 0.0562. The Hall–Kier alpha value is -1.59. The number of β-amino-alcohol motifs (C(OH)–C–C–N with tert-alkyl or cyclic N) is 1. The lowest BCUT2D eigenvalue weighted by molar-refractivity contribution is 0.0269. The third-order valence-corrected chi connectivity index (χ3v) is 4.41. The highest BCUT2D eigenvalue weighted by Gasteiger charge is 2.39. The summed E-state index contributed by atoms with van der Waals surface area (Å²) in [7, 11) is 0. The molecule has 1 aliphatic heterocycles. The van der Waals surface area contributed by atoms with E-state index in [0.717, 1.165) is 25.9 Å². The Morgan fingerprint density at radius 3 is 2.56 bits per heavy atom. The lowest BCUT2D eigenvalue weighted by Gasteiger charge is -2.30. The van der Waals surface area contributed by atoms with Crippen LogP contribution in [0.3, 0.4) is 0 Å². The van der Waals surface area contributed by atoms with Crippen LogP contribution in [0.25, 0.3) is 0 Å². The van der Waals surface area contributed by atoms with Crippen LogP contribution in [-0.4, -0.2) is 58.4 Å². The van der Waals surface area contributed by atoms with Gasteiger partial charge >= 0.3 is 6.09 Å². The molecule has 1 aromatic carbocycles. The molecule has 140 valence electrons. The van der Waals surface area contributed by atoms with Gasteiger partial charge in [-0.2, -0.15) is 0 Å². The maximum Gasteiger partial charge on any atom is 0.410 e. The van der Waals surface area contributed by atoms with Crippen molar-refractivity contribution in [1.82, 2.24) is 9.80 Å². The Morgan fingerprint density at radius 1 is 1.28 bits per heavy atom. The van der Waals surface area contributed by atoms with Gasteiger partial charge in [0, 0.05) is 13.1 Å². The maximum absolute atomic E-state index is 12.3. The lowest BCUT2D eigenvalue weighted by atomic mass is 10.1. The predicted octanol–water partition coefficient (Wildman–Crippen LogP) is 3.27. The second kappa shape index (κ2) is 8.68. The average molecular weight is 348 g/mol. The zero-order valence-corrected chi connectivity index (χ0v) is 15.9. The second-order valence-corrected chi connectivity index (χ2v) is 7.83. The molecule has 0 radical (unpaired) electrons. The summed E-state index contributed by atoms with van der Waals surface area (Å²) in [4.78, 5) is 16.3. The highest BCUT2D eigenvalue weighted by Crippen LogP contribution is 2.22. The van der Waals surface area contributed by atoms with Crippen molar-refractivity contribution in [2.75, 3.05) is 19.6 Å². The zero-order chi connectivity index (χ0) is 18.4. The number of likely N-dealkylation sites (tertiary alicyclic amines) is 1. The van der Waals surface area contributed by atoms with E-state index in [4.69, 9.17) is 4.74 Å². The Balaban J connectivity index is 2.05. The summed E-state index contributed by atoms with van der Waals surface area (Å²) in [5.74, 6) is 0. The Morgan fingerprint density at radius 2 is 1.96 bits per heavy atom. The summed E-state index contributed by atoms with van der Waals surface area (Å²) in [5, 5.41) is 10.6. The van der Waals surface area contributed by atoms with Crippen molar-refractivity contribution in [3.05, 3.63) is 35.9 Å². The van der Waals surface area contributed by atoms with Gasteiger partial charge in [0.15, 0.2) is 0 Å².